The second-order valence-corrected chi connectivity index (χ2v) is 11.2. The van der Waals surface area contributed by atoms with E-state index in [1.807, 2.05) is 42.6 Å². The highest BCUT2D eigenvalue weighted by Crippen LogP contribution is 2.35. The molecule has 2 heterocycles. The molecule has 0 atom stereocenters. The fourth-order valence-corrected chi connectivity index (χ4v) is 5.87. The molecule has 198 valence electrons. The molecule has 5 rings (SSSR count). The third-order valence-corrected chi connectivity index (χ3v) is 8.43. The van der Waals surface area contributed by atoms with Crippen LogP contribution in [0.15, 0.2) is 59.6 Å². The van der Waals surface area contributed by atoms with Crippen LogP contribution in [0.3, 0.4) is 0 Å². The van der Waals surface area contributed by atoms with Crippen molar-refractivity contribution in [1.29, 1.82) is 0 Å². The standard InChI is InChI=1S/C29H33ClN6OS/c1-18-15-19(23-13-14-26(33-28(23)37-4)35-38-25-8-6-5-7-24(25)30)16-20-17-31-29(34-27(18)20)32-21-9-11-22(12-10-21)36(2)3/h5-8,13-17,21-22H,9-12H2,1-4H3,(H,33,35)(H,31,32,34). The van der Waals surface area contributed by atoms with Gasteiger partial charge < -0.3 is 19.7 Å². The van der Waals surface area contributed by atoms with E-state index < -0.39 is 0 Å². The van der Waals surface area contributed by atoms with Gasteiger partial charge in [-0.25, -0.2) is 9.97 Å². The molecule has 1 aliphatic carbocycles. The minimum absolute atomic E-state index is 0.418. The van der Waals surface area contributed by atoms with Crippen molar-refractivity contribution in [3.8, 4) is 17.0 Å². The smallest absolute Gasteiger partial charge is 0.223 e. The summed E-state index contributed by atoms with van der Waals surface area (Å²) in [6.07, 6.45) is 6.57. The number of ether oxygens (including phenoxy) is 1. The fourth-order valence-electron chi connectivity index (χ4n) is 4.97. The van der Waals surface area contributed by atoms with Crippen molar-refractivity contribution in [3.05, 3.63) is 65.3 Å². The summed E-state index contributed by atoms with van der Waals surface area (Å²) in [4.78, 5) is 17.5. The molecule has 0 bridgehead atoms. The summed E-state index contributed by atoms with van der Waals surface area (Å²) < 4.78 is 8.92. The SMILES string of the molecule is COc1nc(NSc2ccccc2Cl)ccc1-c1cc(C)c2nc(NC3CCC(N(C)C)CC3)ncc2c1. The third kappa shape index (κ3) is 5.98. The predicted molar refractivity (Wildman–Crippen MR) is 158 cm³/mol. The lowest BCUT2D eigenvalue weighted by molar-refractivity contribution is 0.221. The first kappa shape index (κ1) is 26.5. The number of nitrogens with one attached hydrogen (secondary N) is 2. The van der Waals surface area contributed by atoms with Crippen LogP contribution in [0.1, 0.15) is 31.2 Å². The summed E-state index contributed by atoms with van der Waals surface area (Å²) >= 11 is 7.68. The number of aromatic nitrogens is 3. The monoisotopic (exact) mass is 548 g/mol. The lowest BCUT2D eigenvalue weighted by Crippen LogP contribution is -2.36. The van der Waals surface area contributed by atoms with E-state index in [0.717, 1.165) is 45.3 Å². The molecule has 0 radical (unpaired) electrons. The normalized spacial score (nSPS) is 17.5. The van der Waals surface area contributed by atoms with Gasteiger partial charge in [-0.2, -0.15) is 4.98 Å². The van der Waals surface area contributed by atoms with Gasteiger partial charge in [0.1, 0.15) is 5.82 Å². The Bertz CT molecular complexity index is 1420. The van der Waals surface area contributed by atoms with Crippen LogP contribution in [-0.4, -0.2) is 53.1 Å². The molecular formula is C29H33ClN6OS. The van der Waals surface area contributed by atoms with Crippen molar-refractivity contribution in [1.82, 2.24) is 19.9 Å². The number of hydrogen-bond acceptors (Lipinski definition) is 8. The number of nitrogens with zero attached hydrogens (tertiary/aromatic N) is 4. The molecule has 1 aliphatic rings. The fraction of sp³-hybridized carbons (Fsp3) is 0.345. The molecule has 2 aromatic heterocycles. The molecular weight excluding hydrogens is 516 g/mol. The van der Waals surface area contributed by atoms with Crippen LogP contribution in [0.5, 0.6) is 5.88 Å². The van der Waals surface area contributed by atoms with Crippen LogP contribution < -0.4 is 14.8 Å². The number of pyridine rings is 1. The van der Waals surface area contributed by atoms with Gasteiger partial charge in [0, 0.05) is 34.1 Å². The minimum atomic E-state index is 0.418. The quantitative estimate of drug-likeness (QED) is 0.226. The lowest BCUT2D eigenvalue weighted by atomic mass is 9.90. The average Bonchev–Trinajstić information content (AvgIpc) is 2.93. The topological polar surface area (TPSA) is 75.2 Å². The molecule has 4 aromatic rings. The Morgan fingerprint density at radius 1 is 1.03 bits per heavy atom. The molecule has 2 N–H and O–H groups in total. The molecule has 38 heavy (non-hydrogen) atoms. The minimum Gasteiger partial charge on any atom is -0.480 e. The first-order chi connectivity index (χ1) is 18.4. The maximum atomic E-state index is 6.27. The second-order valence-electron chi connectivity index (χ2n) is 9.93. The highest BCUT2D eigenvalue weighted by molar-refractivity contribution is 8.00. The molecule has 0 aliphatic heterocycles. The summed E-state index contributed by atoms with van der Waals surface area (Å²) in [5, 5.41) is 5.25. The van der Waals surface area contributed by atoms with E-state index in [1.165, 1.54) is 24.8 Å². The van der Waals surface area contributed by atoms with Crippen molar-refractivity contribution in [2.75, 3.05) is 31.2 Å². The molecule has 0 unspecified atom stereocenters. The Labute approximate surface area is 233 Å². The number of halogens is 1. The van der Waals surface area contributed by atoms with Gasteiger partial charge in [0.15, 0.2) is 0 Å². The number of methoxy groups -OCH3 is 1. The van der Waals surface area contributed by atoms with E-state index in [9.17, 15) is 0 Å². The Hall–Kier alpha value is -3.07. The van der Waals surface area contributed by atoms with Crippen molar-refractivity contribution in [2.24, 2.45) is 0 Å². The first-order valence-electron chi connectivity index (χ1n) is 12.8. The maximum absolute atomic E-state index is 6.27. The Kier molecular flexibility index (Phi) is 8.21. The van der Waals surface area contributed by atoms with Crippen LogP contribution in [-0.2, 0) is 0 Å². The molecule has 0 spiro atoms. The van der Waals surface area contributed by atoms with Gasteiger partial charge in [-0.1, -0.05) is 23.7 Å². The van der Waals surface area contributed by atoms with Crippen molar-refractivity contribution >= 4 is 46.2 Å². The zero-order valence-electron chi connectivity index (χ0n) is 22.2. The molecule has 2 aromatic carbocycles. The van der Waals surface area contributed by atoms with E-state index in [4.69, 9.17) is 21.3 Å². The van der Waals surface area contributed by atoms with Gasteiger partial charge in [0.2, 0.25) is 11.8 Å². The average molecular weight is 549 g/mol. The number of rotatable bonds is 8. The number of hydrogen-bond donors (Lipinski definition) is 2. The highest BCUT2D eigenvalue weighted by atomic mass is 35.5. The number of aryl methyl sites for hydroxylation is 1. The van der Waals surface area contributed by atoms with E-state index in [2.05, 4.69) is 58.1 Å². The van der Waals surface area contributed by atoms with Gasteiger partial charge in [0.25, 0.3) is 0 Å². The van der Waals surface area contributed by atoms with E-state index in [-0.39, 0.29) is 0 Å². The molecule has 1 fully saturated rings. The van der Waals surface area contributed by atoms with E-state index in [1.54, 1.807) is 7.11 Å². The van der Waals surface area contributed by atoms with Crippen LogP contribution in [0.25, 0.3) is 22.0 Å². The van der Waals surface area contributed by atoms with Crippen molar-refractivity contribution in [2.45, 2.75) is 49.6 Å². The summed E-state index contributed by atoms with van der Waals surface area (Å²) in [6, 6.07) is 17.0. The highest BCUT2D eigenvalue weighted by Gasteiger charge is 2.23. The Morgan fingerprint density at radius 2 is 1.82 bits per heavy atom. The van der Waals surface area contributed by atoms with Gasteiger partial charge in [-0.05, 0) is 106 Å². The van der Waals surface area contributed by atoms with Crippen LogP contribution in [0.4, 0.5) is 11.8 Å². The van der Waals surface area contributed by atoms with Crippen LogP contribution >= 0.6 is 23.5 Å². The number of fused-ring (bicyclic) bond motifs is 1. The van der Waals surface area contributed by atoms with Crippen molar-refractivity contribution in [3.63, 3.8) is 0 Å². The molecule has 9 heteroatoms. The van der Waals surface area contributed by atoms with Gasteiger partial charge in [0.05, 0.1) is 17.6 Å². The second kappa shape index (κ2) is 11.8. The van der Waals surface area contributed by atoms with E-state index in [0.29, 0.717) is 34.8 Å². The zero-order chi connectivity index (χ0) is 26.6. The van der Waals surface area contributed by atoms with Crippen LogP contribution in [0, 0.1) is 6.92 Å². The predicted octanol–water partition coefficient (Wildman–Crippen LogP) is 7.07. The van der Waals surface area contributed by atoms with Gasteiger partial charge in [-0.15, -0.1) is 0 Å². The molecule has 1 saturated carbocycles. The lowest BCUT2D eigenvalue weighted by Gasteiger charge is -2.32. The molecule has 0 saturated heterocycles. The summed E-state index contributed by atoms with van der Waals surface area (Å²) in [7, 11) is 5.97. The summed E-state index contributed by atoms with van der Waals surface area (Å²) in [5.41, 5.74) is 3.95. The maximum Gasteiger partial charge on any atom is 0.223 e. The Morgan fingerprint density at radius 3 is 2.55 bits per heavy atom. The van der Waals surface area contributed by atoms with E-state index >= 15 is 0 Å². The third-order valence-electron chi connectivity index (χ3n) is 7.10. The number of benzene rings is 2. The number of anilines is 2. The summed E-state index contributed by atoms with van der Waals surface area (Å²) in [6.45, 7) is 2.08. The zero-order valence-corrected chi connectivity index (χ0v) is 23.7. The first-order valence-corrected chi connectivity index (χ1v) is 14.0. The van der Waals surface area contributed by atoms with Gasteiger partial charge >= 0.3 is 0 Å². The van der Waals surface area contributed by atoms with Crippen molar-refractivity contribution < 1.29 is 4.74 Å². The summed E-state index contributed by atoms with van der Waals surface area (Å²) in [5.74, 6) is 1.93. The van der Waals surface area contributed by atoms with Gasteiger partial charge in [-0.3, -0.25) is 0 Å². The van der Waals surface area contributed by atoms with Crippen LogP contribution in [0.2, 0.25) is 5.02 Å². The Balaban J connectivity index is 1.33. The molecule has 7 nitrogen and oxygen atoms in total. The molecule has 0 amide bonds. The largest absolute Gasteiger partial charge is 0.480 e.